The molecule has 5 N–H and O–H groups in total. The predicted molar refractivity (Wildman–Crippen MR) is 140 cm³/mol. The molecule has 4 atom stereocenters. The number of hydrogen-bond donors (Lipinski definition) is 5. The van der Waals surface area contributed by atoms with Gasteiger partial charge in [-0.15, -0.1) is 0 Å². The van der Waals surface area contributed by atoms with Crippen LogP contribution in [0.3, 0.4) is 0 Å². The van der Waals surface area contributed by atoms with Crippen molar-refractivity contribution in [3.8, 4) is 0 Å². The largest absolute Gasteiger partial charge is 0.343 e. The van der Waals surface area contributed by atoms with Crippen LogP contribution in [0, 0.1) is 0 Å². The van der Waals surface area contributed by atoms with Crippen molar-refractivity contribution in [1.29, 1.82) is 0 Å². The number of fused-ring (bicyclic) bond motifs is 4. The minimum absolute atomic E-state index is 0.169. The molecule has 0 spiro atoms. The second kappa shape index (κ2) is 15.7. The highest BCUT2D eigenvalue weighted by Gasteiger charge is 2.40. The van der Waals surface area contributed by atoms with Crippen LogP contribution in [0.25, 0.3) is 0 Å². The molecule has 3 aliphatic heterocycles. The fourth-order valence-corrected chi connectivity index (χ4v) is 5.74. The number of hydroxylamine groups is 1. The van der Waals surface area contributed by atoms with Gasteiger partial charge in [0.15, 0.2) is 0 Å². The van der Waals surface area contributed by atoms with Crippen LogP contribution in [0.1, 0.15) is 109 Å². The molecule has 3 saturated heterocycles. The third kappa shape index (κ3) is 8.96. The zero-order valence-electron chi connectivity index (χ0n) is 22.5. The van der Waals surface area contributed by atoms with E-state index in [-0.39, 0.29) is 24.1 Å². The van der Waals surface area contributed by atoms with Gasteiger partial charge >= 0.3 is 0 Å². The van der Waals surface area contributed by atoms with E-state index in [2.05, 4.69) is 16.0 Å². The van der Waals surface area contributed by atoms with Crippen molar-refractivity contribution >= 4 is 29.5 Å². The Hall–Kier alpha value is -2.69. The van der Waals surface area contributed by atoms with E-state index in [4.69, 9.17) is 5.21 Å². The molecule has 38 heavy (non-hydrogen) atoms. The first-order chi connectivity index (χ1) is 18.4. The van der Waals surface area contributed by atoms with Gasteiger partial charge in [0.2, 0.25) is 29.5 Å². The van der Waals surface area contributed by atoms with Crippen molar-refractivity contribution in [2.75, 3.05) is 6.54 Å². The van der Waals surface area contributed by atoms with Crippen LogP contribution < -0.4 is 21.4 Å². The zero-order valence-corrected chi connectivity index (χ0v) is 22.5. The number of nitrogens with one attached hydrogen (secondary N) is 4. The maximum atomic E-state index is 13.6. The van der Waals surface area contributed by atoms with Gasteiger partial charge in [0.25, 0.3) is 0 Å². The van der Waals surface area contributed by atoms with Gasteiger partial charge in [-0.05, 0) is 38.5 Å². The quantitative estimate of drug-likeness (QED) is 0.198. The van der Waals surface area contributed by atoms with E-state index in [1.54, 1.807) is 10.4 Å². The molecule has 0 aliphatic carbocycles. The van der Waals surface area contributed by atoms with E-state index in [0.29, 0.717) is 57.9 Å². The molecule has 0 saturated carbocycles. The molecule has 0 aromatic rings. The second-order valence-electron chi connectivity index (χ2n) is 10.9. The highest BCUT2D eigenvalue weighted by atomic mass is 16.5. The molecular weight excluding hydrogens is 490 g/mol. The molecule has 11 nitrogen and oxygen atoms in total. The lowest BCUT2D eigenvalue weighted by Crippen LogP contribution is -2.61. The first kappa shape index (κ1) is 29.9. The summed E-state index contributed by atoms with van der Waals surface area (Å²) in [6.07, 6.45) is 12.5. The van der Waals surface area contributed by atoms with Crippen LogP contribution in [0.5, 0.6) is 0 Å². The molecule has 0 aromatic heterocycles. The Labute approximate surface area is 225 Å². The molecule has 0 unspecified atom stereocenters. The lowest BCUT2D eigenvalue weighted by molar-refractivity contribution is -0.143. The van der Waals surface area contributed by atoms with Crippen LogP contribution >= 0.6 is 0 Å². The molecular formula is C27H45N5O6. The number of unbranched alkanes of at least 4 members (excludes halogenated alkanes) is 2. The topological polar surface area (TPSA) is 157 Å². The van der Waals surface area contributed by atoms with Crippen molar-refractivity contribution in [3.63, 3.8) is 0 Å². The summed E-state index contributed by atoms with van der Waals surface area (Å²) in [4.78, 5) is 66.5. The van der Waals surface area contributed by atoms with E-state index in [0.717, 1.165) is 51.4 Å². The molecule has 2 bridgehead atoms. The van der Waals surface area contributed by atoms with E-state index < -0.39 is 36.0 Å². The van der Waals surface area contributed by atoms with Gasteiger partial charge in [0.05, 0.1) is 0 Å². The molecule has 214 valence electrons. The smallest absolute Gasteiger partial charge is 0.245 e. The van der Waals surface area contributed by atoms with Crippen LogP contribution in [0.2, 0.25) is 0 Å². The number of nitrogens with zero attached hydrogens (tertiary/aromatic N) is 1. The van der Waals surface area contributed by atoms with E-state index in [1.807, 2.05) is 0 Å². The number of hydrogen-bond acceptors (Lipinski definition) is 6. The number of amides is 5. The normalized spacial score (nSPS) is 28.2. The summed E-state index contributed by atoms with van der Waals surface area (Å²) in [5.41, 5.74) is 1.60. The fourth-order valence-electron chi connectivity index (χ4n) is 5.74. The number of carbonyl (C=O) groups excluding carboxylic acids is 5. The summed E-state index contributed by atoms with van der Waals surface area (Å²) in [5.74, 6) is -1.77. The Bertz CT molecular complexity index is 837. The van der Waals surface area contributed by atoms with Crippen molar-refractivity contribution in [2.45, 2.75) is 133 Å². The Balaban J connectivity index is 1.78. The Morgan fingerprint density at radius 3 is 2.05 bits per heavy atom. The summed E-state index contributed by atoms with van der Waals surface area (Å²) < 4.78 is 0. The van der Waals surface area contributed by atoms with Crippen LogP contribution in [-0.4, -0.2) is 70.4 Å². The molecule has 0 aromatic carbocycles. The SMILES string of the molecule is O=C(CCCCC[C@@H]1NC(=O)[C@H]2CCCN2C(=O)[C@@H]2CCCCCCCCCC[C@H](NC1=O)C(=O)N2)NO. The first-order valence-corrected chi connectivity index (χ1v) is 14.5. The first-order valence-electron chi connectivity index (χ1n) is 14.5. The minimum atomic E-state index is -0.845. The third-order valence-electron chi connectivity index (χ3n) is 7.98. The van der Waals surface area contributed by atoms with Crippen LogP contribution in [0.15, 0.2) is 0 Å². The molecule has 3 aliphatic rings. The molecule has 5 amide bonds. The van der Waals surface area contributed by atoms with Gasteiger partial charge in [-0.1, -0.05) is 64.2 Å². The van der Waals surface area contributed by atoms with Gasteiger partial charge < -0.3 is 20.9 Å². The summed E-state index contributed by atoms with van der Waals surface area (Å²) in [7, 11) is 0. The van der Waals surface area contributed by atoms with Crippen molar-refractivity contribution in [3.05, 3.63) is 0 Å². The minimum Gasteiger partial charge on any atom is -0.343 e. The van der Waals surface area contributed by atoms with Gasteiger partial charge in [0, 0.05) is 13.0 Å². The third-order valence-corrected chi connectivity index (χ3v) is 7.98. The fraction of sp³-hybridized carbons (Fsp3) is 0.815. The van der Waals surface area contributed by atoms with E-state index in [1.165, 1.54) is 0 Å². The average Bonchev–Trinajstić information content (AvgIpc) is 3.40. The van der Waals surface area contributed by atoms with Gasteiger partial charge in [0.1, 0.15) is 24.2 Å². The van der Waals surface area contributed by atoms with Crippen LogP contribution in [0.4, 0.5) is 0 Å². The summed E-state index contributed by atoms with van der Waals surface area (Å²) in [5, 5.41) is 17.3. The van der Waals surface area contributed by atoms with Gasteiger partial charge in [-0.3, -0.25) is 29.2 Å². The average molecular weight is 536 g/mol. The molecule has 3 rings (SSSR count). The molecule has 3 heterocycles. The Kier molecular flexibility index (Phi) is 12.3. The van der Waals surface area contributed by atoms with Crippen molar-refractivity contribution < 1.29 is 29.2 Å². The summed E-state index contributed by atoms with van der Waals surface area (Å²) >= 11 is 0. The summed E-state index contributed by atoms with van der Waals surface area (Å²) in [6, 6.07) is -2.99. The van der Waals surface area contributed by atoms with E-state index >= 15 is 0 Å². The summed E-state index contributed by atoms with van der Waals surface area (Å²) in [6.45, 7) is 0.455. The lowest BCUT2D eigenvalue weighted by Gasteiger charge is -2.32. The van der Waals surface area contributed by atoms with Crippen LogP contribution in [-0.2, 0) is 24.0 Å². The molecule has 11 heteroatoms. The van der Waals surface area contributed by atoms with Crippen molar-refractivity contribution in [2.24, 2.45) is 0 Å². The highest BCUT2D eigenvalue weighted by molar-refractivity contribution is 5.97. The Morgan fingerprint density at radius 1 is 0.737 bits per heavy atom. The maximum absolute atomic E-state index is 13.6. The zero-order chi connectivity index (χ0) is 27.3. The van der Waals surface area contributed by atoms with Gasteiger partial charge in [-0.25, -0.2) is 5.48 Å². The predicted octanol–water partition coefficient (Wildman–Crippen LogP) is 1.82. The van der Waals surface area contributed by atoms with E-state index in [9.17, 15) is 24.0 Å². The van der Waals surface area contributed by atoms with Crippen molar-refractivity contribution in [1.82, 2.24) is 26.3 Å². The standard InChI is InChI=1S/C27H45N5O6/c33-23(31-38)17-11-7-10-14-20-24(34)28-19-13-8-5-3-1-2-4-6-9-15-21(30-25(19)35)27(37)32-18-12-16-22(32)26(36)29-20/h19-22,38H,1-18H2,(H,28,34)(H,29,36)(H,30,35)(H,31,33)/t19-,20-,21-,22+/m0/s1. The maximum Gasteiger partial charge on any atom is 0.245 e. The number of carbonyl (C=O) groups is 5. The Morgan fingerprint density at radius 2 is 1.37 bits per heavy atom. The molecule has 3 fully saturated rings. The lowest BCUT2D eigenvalue weighted by atomic mass is 9.99. The second-order valence-corrected chi connectivity index (χ2v) is 10.9. The van der Waals surface area contributed by atoms with Gasteiger partial charge in [-0.2, -0.15) is 0 Å². The monoisotopic (exact) mass is 535 g/mol. The molecule has 0 radical (unpaired) electrons. The highest BCUT2D eigenvalue weighted by Crippen LogP contribution is 2.22. The number of rotatable bonds is 6.